The minimum atomic E-state index is 0.117. The van der Waals surface area contributed by atoms with Crippen molar-refractivity contribution in [2.75, 3.05) is 26.7 Å². The van der Waals surface area contributed by atoms with Crippen molar-refractivity contribution in [3.63, 3.8) is 0 Å². The molecule has 1 aliphatic rings. The zero-order valence-electron chi connectivity index (χ0n) is 13.1. The van der Waals surface area contributed by atoms with E-state index in [2.05, 4.69) is 4.90 Å². The van der Waals surface area contributed by atoms with E-state index in [9.17, 15) is 9.90 Å². The molecule has 0 aromatic heterocycles. The van der Waals surface area contributed by atoms with Gasteiger partial charge in [-0.2, -0.15) is 0 Å². The molecule has 1 amide bonds. The molecule has 1 heterocycles. The number of likely N-dealkylation sites (tertiary alicyclic amines) is 1. The number of carbonyl (C=O) groups is 1. The first-order valence-corrected chi connectivity index (χ1v) is 7.81. The van der Waals surface area contributed by atoms with Gasteiger partial charge in [0.15, 0.2) is 0 Å². The molecule has 1 saturated heterocycles. The van der Waals surface area contributed by atoms with E-state index in [1.54, 1.807) is 0 Å². The number of rotatable bonds is 5. The minimum Gasteiger partial charge on any atom is -0.395 e. The number of hydrogen-bond donors (Lipinski definition) is 1. The van der Waals surface area contributed by atoms with Gasteiger partial charge in [0.05, 0.1) is 6.61 Å². The molecule has 1 unspecified atom stereocenters. The van der Waals surface area contributed by atoms with E-state index in [4.69, 9.17) is 0 Å². The number of benzene rings is 1. The Bertz CT molecular complexity index is 470. The summed E-state index contributed by atoms with van der Waals surface area (Å²) in [5, 5.41) is 9.19. The van der Waals surface area contributed by atoms with Crippen molar-refractivity contribution in [2.24, 2.45) is 0 Å². The quantitative estimate of drug-likeness (QED) is 0.903. The monoisotopic (exact) mass is 290 g/mol. The third-order valence-electron chi connectivity index (χ3n) is 4.27. The molecule has 0 bridgehead atoms. The largest absolute Gasteiger partial charge is 0.395 e. The van der Waals surface area contributed by atoms with E-state index in [1.165, 1.54) is 6.42 Å². The third kappa shape index (κ3) is 4.29. The van der Waals surface area contributed by atoms with Gasteiger partial charge in [0, 0.05) is 31.2 Å². The highest BCUT2D eigenvalue weighted by Crippen LogP contribution is 2.15. The van der Waals surface area contributed by atoms with E-state index in [0.717, 1.165) is 43.6 Å². The number of aliphatic hydroxyl groups is 1. The Morgan fingerprint density at radius 3 is 2.71 bits per heavy atom. The molecule has 1 aliphatic heterocycles. The topological polar surface area (TPSA) is 43.8 Å². The Morgan fingerprint density at radius 2 is 2.05 bits per heavy atom. The summed E-state index contributed by atoms with van der Waals surface area (Å²) in [6.07, 6.45) is 3.46. The lowest BCUT2D eigenvalue weighted by atomic mass is 10.1. The standard InChI is InChI=1S/C17H26N2O2/c1-14(13-20)18(2)12-15-7-6-8-16(11-15)17(21)19-9-4-3-5-10-19/h6-8,11,14,20H,3-5,9-10,12-13H2,1-2H3. The van der Waals surface area contributed by atoms with Crippen molar-refractivity contribution in [3.8, 4) is 0 Å². The van der Waals surface area contributed by atoms with E-state index >= 15 is 0 Å². The minimum absolute atomic E-state index is 0.117. The molecular formula is C17H26N2O2. The second-order valence-electron chi connectivity index (χ2n) is 6.00. The van der Waals surface area contributed by atoms with E-state index < -0.39 is 0 Å². The van der Waals surface area contributed by atoms with Crippen LogP contribution in [-0.2, 0) is 6.54 Å². The molecule has 1 N–H and O–H groups in total. The van der Waals surface area contributed by atoms with Gasteiger partial charge in [-0.15, -0.1) is 0 Å². The van der Waals surface area contributed by atoms with Gasteiger partial charge in [-0.25, -0.2) is 0 Å². The molecule has 1 aromatic carbocycles. The van der Waals surface area contributed by atoms with Crippen molar-refractivity contribution in [1.82, 2.24) is 9.80 Å². The summed E-state index contributed by atoms with van der Waals surface area (Å²) >= 11 is 0. The fraction of sp³-hybridized carbons (Fsp3) is 0.588. The number of likely N-dealkylation sites (N-methyl/N-ethyl adjacent to an activating group) is 1. The van der Waals surface area contributed by atoms with Gasteiger partial charge in [0.2, 0.25) is 0 Å². The average Bonchev–Trinajstić information content (AvgIpc) is 2.54. The van der Waals surface area contributed by atoms with Gasteiger partial charge in [0.1, 0.15) is 0 Å². The second-order valence-corrected chi connectivity index (χ2v) is 6.00. The summed E-state index contributed by atoms with van der Waals surface area (Å²) < 4.78 is 0. The fourth-order valence-corrected chi connectivity index (χ4v) is 2.67. The van der Waals surface area contributed by atoms with Crippen molar-refractivity contribution >= 4 is 5.91 Å². The Labute approximate surface area is 127 Å². The molecule has 4 nitrogen and oxygen atoms in total. The molecular weight excluding hydrogens is 264 g/mol. The highest BCUT2D eigenvalue weighted by Gasteiger charge is 2.18. The predicted octanol–water partition coefficient (Wildman–Crippen LogP) is 2.13. The number of carbonyl (C=O) groups excluding carboxylic acids is 1. The van der Waals surface area contributed by atoms with Gasteiger partial charge >= 0.3 is 0 Å². The SMILES string of the molecule is CC(CO)N(C)Cc1cccc(C(=O)N2CCCCC2)c1. The summed E-state index contributed by atoms with van der Waals surface area (Å²) in [6.45, 7) is 4.63. The van der Waals surface area contributed by atoms with Crippen molar-refractivity contribution in [1.29, 1.82) is 0 Å². The number of aliphatic hydroxyl groups excluding tert-OH is 1. The summed E-state index contributed by atoms with van der Waals surface area (Å²) in [4.78, 5) is 16.5. The molecule has 21 heavy (non-hydrogen) atoms. The smallest absolute Gasteiger partial charge is 0.253 e. The van der Waals surface area contributed by atoms with Crippen LogP contribution in [0, 0.1) is 0 Å². The van der Waals surface area contributed by atoms with Gasteiger partial charge in [-0.1, -0.05) is 12.1 Å². The van der Waals surface area contributed by atoms with Crippen molar-refractivity contribution in [2.45, 2.75) is 38.8 Å². The van der Waals surface area contributed by atoms with Crippen LogP contribution in [0.5, 0.6) is 0 Å². The van der Waals surface area contributed by atoms with Crippen LogP contribution in [0.25, 0.3) is 0 Å². The van der Waals surface area contributed by atoms with Gasteiger partial charge < -0.3 is 10.0 Å². The Morgan fingerprint density at radius 1 is 1.33 bits per heavy atom. The summed E-state index contributed by atoms with van der Waals surface area (Å²) in [6, 6.07) is 7.98. The van der Waals surface area contributed by atoms with E-state index in [-0.39, 0.29) is 18.6 Å². The highest BCUT2D eigenvalue weighted by molar-refractivity contribution is 5.94. The van der Waals surface area contributed by atoms with Gasteiger partial charge in [0.25, 0.3) is 5.91 Å². The zero-order chi connectivity index (χ0) is 15.2. The number of nitrogens with zero attached hydrogens (tertiary/aromatic N) is 2. The van der Waals surface area contributed by atoms with Crippen LogP contribution in [0.15, 0.2) is 24.3 Å². The van der Waals surface area contributed by atoms with E-state index in [0.29, 0.717) is 0 Å². The lowest BCUT2D eigenvalue weighted by molar-refractivity contribution is 0.0724. The average molecular weight is 290 g/mol. The molecule has 4 heteroatoms. The van der Waals surface area contributed by atoms with Crippen LogP contribution < -0.4 is 0 Å². The van der Waals surface area contributed by atoms with Crippen LogP contribution in [0.2, 0.25) is 0 Å². The second kappa shape index (κ2) is 7.57. The van der Waals surface area contributed by atoms with Crippen molar-refractivity contribution in [3.05, 3.63) is 35.4 Å². The normalized spacial score (nSPS) is 17.0. The Kier molecular flexibility index (Phi) is 5.76. The predicted molar refractivity (Wildman–Crippen MR) is 84.2 cm³/mol. The Balaban J connectivity index is 2.04. The molecule has 0 saturated carbocycles. The van der Waals surface area contributed by atoms with Crippen LogP contribution in [0.1, 0.15) is 42.1 Å². The first kappa shape index (κ1) is 16.0. The Hall–Kier alpha value is -1.39. The first-order valence-electron chi connectivity index (χ1n) is 7.81. The molecule has 2 rings (SSSR count). The highest BCUT2D eigenvalue weighted by atomic mass is 16.3. The summed E-state index contributed by atoms with van der Waals surface area (Å²) in [5.74, 6) is 0.148. The van der Waals surface area contributed by atoms with Crippen LogP contribution >= 0.6 is 0 Å². The maximum absolute atomic E-state index is 12.5. The molecule has 1 fully saturated rings. The fourth-order valence-electron chi connectivity index (χ4n) is 2.67. The van der Waals surface area contributed by atoms with Crippen LogP contribution in [-0.4, -0.2) is 53.6 Å². The zero-order valence-corrected chi connectivity index (χ0v) is 13.1. The molecule has 0 radical (unpaired) electrons. The van der Waals surface area contributed by atoms with E-state index in [1.807, 2.05) is 43.1 Å². The van der Waals surface area contributed by atoms with Crippen LogP contribution in [0.4, 0.5) is 0 Å². The lowest BCUT2D eigenvalue weighted by Crippen LogP contribution is -2.35. The van der Waals surface area contributed by atoms with Gasteiger partial charge in [-0.05, 0) is 50.9 Å². The summed E-state index contributed by atoms with van der Waals surface area (Å²) in [7, 11) is 1.99. The maximum Gasteiger partial charge on any atom is 0.253 e. The molecule has 0 spiro atoms. The van der Waals surface area contributed by atoms with Crippen molar-refractivity contribution < 1.29 is 9.90 Å². The number of piperidine rings is 1. The summed E-state index contributed by atoms with van der Waals surface area (Å²) in [5.41, 5.74) is 1.89. The van der Waals surface area contributed by atoms with Crippen LogP contribution in [0.3, 0.4) is 0 Å². The lowest BCUT2D eigenvalue weighted by Gasteiger charge is -2.27. The molecule has 116 valence electrons. The molecule has 1 atom stereocenters. The van der Waals surface area contributed by atoms with Gasteiger partial charge in [-0.3, -0.25) is 9.69 Å². The number of amides is 1. The third-order valence-corrected chi connectivity index (χ3v) is 4.27. The molecule has 1 aromatic rings. The molecule has 0 aliphatic carbocycles. The number of hydrogen-bond acceptors (Lipinski definition) is 3. The first-order chi connectivity index (χ1) is 10.1. The maximum atomic E-state index is 12.5.